The van der Waals surface area contributed by atoms with Crippen LogP contribution in [0.3, 0.4) is 0 Å². The Hall–Kier alpha value is -2.19. The second-order valence-corrected chi connectivity index (χ2v) is 9.54. The minimum absolute atomic E-state index is 0.224. The molecule has 1 aliphatic rings. The van der Waals surface area contributed by atoms with Crippen LogP contribution in [-0.2, 0) is 10.0 Å². The maximum Gasteiger partial charge on any atom is 0.271 e. The third-order valence-electron chi connectivity index (χ3n) is 4.47. The predicted molar refractivity (Wildman–Crippen MR) is 101 cm³/mol. The summed E-state index contributed by atoms with van der Waals surface area (Å²) in [7, 11) is -3.65. The molecule has 3 aromatic rings. The average Bonchev–Trinajstić information content (AvgIpc) is 3.12. The van der Waals surface area contributed by atoms with Crippen molar-refractivity contribution in [3.63, 3.8) is 0 Å². The molecule has 26 heavy (non-hydrogen) atoms. The van der Waals surface area contributed by atoms with E-state index in [-0.39, 0.29) is 4.21 Å². The Morgan fingerprint density at radius 3 is 2.54 bits per heavy atom. The molecule has 1 fully saturated rings. The van der Waals surface area contributed by atoms with Crippen molar-refractivity contribution in [2.24, 2.45) is 0 Å². The second-order valence-electron chi connectivity index (χ2n) is 6.72. The maximum atomic E-state index is 12.7. The van der Waals surface area contributed by atoms with E-state index in [4.69, 9.17) is 4.52 Å². The van der Waals surface area contributed by atoms with Crippen molar-refractivity contribution in [3.05, 3.63) is 46.7 Å². The average molecular weight is 390 g/mol. The highest BCUT2D eigenvalue weighted by Gasteiger charge is 2.26. The monoisotopic (exact) mass is 389 g/mol. The molecule has 6 nitrogen and oxygen atoms in total. The van der Waals surface area contributed by atoms with E-state index < -0.39 is 10.0 Å². The minimum atomic E-state index is -3.65. The third kappa shape index (κ3) is 3.39. The fourth-order valence-corrected chi connectivity index (χ4v) is 5.19. The van der Waals surface area contributed by atoms with Gasteiger partial charge in [0.2, 0.25) is 11.7 Å². The molecule has 0 amide bonds. The van der Waals surface area contributed by atoms with E-state index >= 15 is 0 Å². The van der Waals surface area contributed by atoms with Crippen LogP contribution in [0.25, 0.3) is 11.4 Å². The highest BCUT2D eigenvalue weighted by molar-refractivity contribution is 7.94. The molecule has 8 heteroatoms. The zero-order valence-electron chi connectivity index (χ0n) is 14.5. The molecule has 0 spiro atoms. The molecule has 0 aliphatic heterocycles. The van der Waals surface area contributed by atoms with Crippen molar-refractivity contribution in [3.8, 4) is 11.4 Å². The van der Waals surface area contributed by atoms with Crippen LogP contribution < -0.4 is 4.72 Å². The van der Waals surface area contributed by atoms with Gasteiger partial charge < -0.3 is 4.52 Å². The molecule has 1 saturated carbocycles. The Balaban J connectivity index is 1.57. The maximum absolute atomic E-state index is 12.7. The molecule has 0 radical (unpaired) electrons. The summed E-state index contributed by atoms with van der Waals surface area (Å²) in [5.41, 5.74) is 3.23. The zero-order chi connectivity index (χ0) is 18.3. The first-order chi connectivity index (χ1) is 12.4. The number of hydrogen-bond acceptors (Lipinski definition) is 6. The van der Waals surface area contributed by atoms with Crippen LogP contribution in [0.4, 0.5) is 5.69 Å². The summed E-state index contributed by atoms with van der Waals surface area (Å²) in [5.74, 6) is 1.44. The van der Waals surface area contributed by atoms with Gasteiger partial charge in [0, 0.05) is 22.5 Å². The van der Waals surface area contributed by atoms with Gasteiger partial charge in [-0.2, -0.15) is 4.98 Å². The standard InChI is InChI=1S/C18H19N3O3S2/c1-11-6-12(2)8-15(7-11)21-26(22,23)16-9-14(10-25-16)17-19-18(24-20-17)13-4-3-5-13/h6-10,13,21H,3-5H2,1-2H3. The fourth-order valence-electron chi connectivity index (χ4n) is 2.99. The van der Waals surface area contributed by atoms with E-state index in [9.17, 15) is 8.42 Å². The Kier molecular flexibility index (Phi) is 4.32. The smallest absolute Gasteiger partial charge is 0.271 e. The third-order valence-corrected chi connectivity index (χ3v) is 7.29. The van der Waals surface area contributed by atoms with Gasteiger partial charge in [-0.05, 0) is 56.0 Å². The number of nitrogens with one attached hydrogen (secondary N) is 1. The van der Waals surface area contributed by atoms with E-state index in [1.54, 1.807) is 11.4 Å². The number of sulfonamides is 1. The van der Waals surface area contributed by atoms with Crippen molar-refractivity contribution in [1.29, 1.82) is 0 Å². The van der Waals surface area contributed by atoms with Gasteiger partial charge in [-0.1, -0.05) is 17.6 Å². The van der Waals surface area contributed by atoms with Gasteiger partial charge in [0.25, 0.3) is 10.0 Å². The molecule has 0 saturated heterocycles. The number of hydrogen-bond donors (Lipinski definition) is 1. The summed E-state index contributed by atoms with van der Waals surface area (Å²) in [6.07, 6.45) is 3.34. The van der Waals surface area contributed by atoms with E-state index in [0.29, 0.717) is 28.9 Å². The Bertz CT molecular complexity index is 1030. The van der Waals surface area contributed by atoms with E-state index in [1.165, 1.54) is 6.42 Å². The van der Waals surface area contributed by atoms with E-state index in [2.05, 4.69) is 14.9 Å². The number of benzene rings is 1. The van der Waals surface area contributed by atoms with Gasteiger partial charge in [-0.25, -0.2) is 8.42 Å². The Labute approximate surface area is 156 Å². The fraction of sp³-hybridized carbons (Fsp3) is 0.333. The van der Waals surface area contributed by atoms with Gasteiger partial charge in [-0.3, -0.25) is 4.72 Å². The Morgan fingerprint density at radius 1 is 1.15 bits per heavy atom. The summed E-state index contributed by atoms with van der Waals surface area (Å²) in [6.45, 7) is 3.87. The van der Waals surface area contributed by atoms with Gasteiger partial charge in [-0.15, -0.1) is 11.3 Å². The van der Waals surface area contributed by atoms with Crippen LogP contribution in [0.15, 0.2) is 38.4 Å². The number of aromatic nitrogens is 2. The van der Waals surface area contributed by atoms with Crippen LogP contribution in [0.1, 0.15) is 42.2 Å². The van der Waals surface area contributed by atoms with Crippen LogP contribution in [0.2, 0.25) is 0 Å². The number of thiophene rings is 1. The minimum Gasteiger partial charge on any atom is -0.339 e. The quantitative estimate of drug-likeness (QED) is 0.695. The van der Waals surface area contributed by atoms with Crippen molar-refractivity contribution < 1.29 is 12.9 Å². The summed E-state index contributed by atoms with van der Waals surface area (Å²) in [4.78, 5) is 4.42. The summed E-state index contributed by atoms with van der Waals surface area (Å²) in [5, 5.41) is 5.74. The molecule has 0 bridgehead atoms. The number of aryl methyl sites for hydroxylation is 2. The van der Waals surface area contributed by atoms with E-state index in [0.717, 1.165) is 35.3 Å². The molecule has 2 heterocycles. The molecular weight excluding hydrogens is 370 g/mol. The lowest BCUT2D eigenvalue weighted by molar-refractivity contribution is 0.292. The molecule has 136 valence electrons. The van der Waals surface area contributed by atoms with Crippen LogP contribution in [-0.4, -0.2) is 18.6 Å². The molecule has 1 N–H and O–H groups in total. The van der Waals surface area contributed by atoms with Gasteiger partial charge >= 0.3 is 0 Å². The van der Waals surface area contributed by atoms with Gasteiger partial charge in [0.15, 0.2) is 0 Å². The first kappa shape index (κ1) is 17.2. The predicted octanol–water partition coefficient (Wildman–Crippen LogP) is 4.48. The summed E-state index contributed by atoms with van der Waals surface area (Å²) < 4.78 is 33.5. The summed E-state index contributed by atoms with van der Waals surface area (Å²) >= 11 is 1.14. The summed E-state index contributed by atoms with van der Waals surface area (Å²) in [6, 6.07) is 7.20. The normalized spacial score (nSPS) is 15.0. The lowest BCUT2D eigenvalue weighted by Gasteiger charge is -2.20. The molecule has 4 rings (SSSR count). The molecule has 0 atom stereocenters. The van der Waals surface area contributed by atoms with Crippen LogP contribution >= 0.6 is 11.3 Å². The van der Waals surface area contributed by atoms with E-state index in [1.807, 2.05) is 32.0 Å². The number of nitrogens with zero attached hydrogens (tertiary/aromatic N) is 2. The largest absolute Gasteiger partial charge is 0.339 e. The molecule has 1 aliphatic carbocycles. The molecule has 2 aromatic heterocycles. The SMILES string of the molecule is Cc1cc(C)cc(NS(=O)(=O)c2cc(-c3noc(C4CCC4)n3)cs2)c1. The first-order valence-corrected chi connectivity index (χ1v) is 10.8. The highest BCUT2D eigenvalue weighted by atomic mass is 32.2. The lowest BCUT2D eigenvalue weighted by atomic mass is 9.85. The first-order valence-electron chi connectivity index (χ1n) is 8.44. The molecule has 1 aromatic carbocycles. The van der Waals surface area contributed by atoms with Gasteiger partial charge in [0.05, 0.1) is 0 Å². The van der Waals surface area contributed by atoms with Crippen LogP contribution in [0, 0.1) is 13.8 Å². The van der Waals surface area contributed by atoms with Crippen molar-refractivity contribution >= 4 is 27.0 Å². The van der Waals surface area contributed by atoms with Crippen molar-refractivity contribution in [1.82, 2.24) is 10.1 Å². The zero-order valence-corrected chi connectivity index (χ0v) is 16.2. The number of anilines is 1. The van der Waals surface area contributed by atoms with Crippen molar-refractivity contribution in [2.45, 2.75) is 43.2 Å². The molecular formula is C18H19N3O3S2. The molecule has 0 unspecified atom stereocenters. The number of rotatable bonds is 5. The second kappa shape index (κ2) is 6.51. The lowest BCUT2D eigenvalue weighted by Crippen LogP contribution is -2.11. The highest BCUT2D eigenvalue weighted by Crippen LogP contribution is 2.36. The van der Waals surface area contributed by atoms with Crippen molar-refractivity contribution in [2.75, 3.05) is 4.72 Å². The Morgan fingerprint density at radius 2 is 1.88 bits per heavy atom. The van der Waals surface area contributed by atoms with Gasteiger partial charge in [0.1, 0.15) is 4.21 Å². The van der Waals surface area contributed by atoms with Crippen LogP contribution in [0.5, 0.6) is 0 Å². The topological polar surface area (TPSA) is 85.1 Å².